The van der Waals surface area contributed by atoms with Gasteiger partial charge in [-0.05, 0) is 107 Å². The number of nitrogens with zero attached hydrogens (tertiary/aromatic N) is 2. The topological polar surface area (TPSA) is 71.1 Å². The van der Waals surface area contributed by atoms with E-state index in [2.05, 4.69) is 70.5 Å². The van der Waals surface area contributed by atoms with E-state index in [9.17, 15) is 0 Å². The van der Waals surface area contributed by atoms with Crippen LogP contribution in [0.25, 0.3) is 22.3 Å². The number of anilines is 1. The van der Waals surface area contributed by atoms with Gasteiger partial charge in [-0.2, -0.15) is 0 Å². The highest BCUT2D eigenvalue weighted by Gasteiger charge is 2.26. The minimum absolute atomic E-state index is 0.370. The summed E-state index contributed by atoms with van der Waals surface area (Å²) in [6, 6.07) is 34.2. The third-order valence-corrected chi connectivity index (χ3v) is 10.0. The number of piperidine rings is 1. The lowest BCUT2D eigenvalue weighted by atomic mass is 9.98. The summed E-state index contributed by atoms with van der Waals surface area (Å²) in [5.41, 5.74) is 7.88. The molecule has 9 nitrogen and oxygen atoms in total. The SMILES string of the molecule is COc1ccc(N(Cc2cccc(-c3cc(OC)c(OC)c(OC)c3)c2)C2CCN(Cc3cccc(-c4cc(OC)c(OC)c(OC)c4)c3)CC2)cc1. The highest BCUT2D eigenvalue weighted by molar-refractivity contribution is 5.73. The smallest absolute Gasteiger partial charge is 0.203 e. The molecule has 0 aliphatic carbocycles. The maximum absolute atomic E-state index is 5.65. The fourth-order valence-electron chi connectivity index (χ4n) is 7.24. The Hall–Kier alpha value is -5.54. The molecule has 0 unspecified atom stereocenters. The van der Waals surface area contributed by atoms with Crippen molar-refractivity contribution < 1.29 is 33.2 Å². The van der Waals surface area contributed by atoms with Crippen LogP contribution in [0.2, 0.25) is 0 Å². The van der Waals surface area contributed by atoms with Crippen molar-refractivity contribution in [2.75, 3.05) is 67.8 Å². The van der Waals surface area contributed by atoms with Gasteiger partial charge in [0, 0.05) is 37.9 Å². The second-order valence-corrected chi connectivity index (χ2v) is 13.1. The molecule has 0 N–H and O–H groups in total. The van der Waals surface area contributed by atoms with Crippen molar-refractivity contribution in [3.63, 3.8) is 0 Å². The van der Waals surface area contributed by atoms with E-state index >= 15 is 0 Å². The zero-order valence-corrected chi connectivity index (χ0v) is 31.8. The van der Waals surface area contributed by atoms with Gasteiger partial charge >= 0.3 is 0 Å². The molecule has 5 aromatic rings. The number of methoxy groups -OCH3 is 7. The van der Waals surface area contributed by atoms with Crippen molar-refractivity contribution >= 4 is 5.69 Å². The summed E-state index contributed by atoms with van der Waals surface area (Å²) in [7, 11) is 11.5. The average molecular weight is 719 g/mol. The maximum atomic E-state index is 5.65. The molecule has 0 amide bonds. The lowest BCUT2D eigenvalue weighted by Gasteiger charge is -2.40. The van der Waals surface area contributed by atoms with Gasteiger partial charge in [0.15, 0.2) is 23.0 Å². The van der Waals surface area contributed by atoms with Crippen LogP contribution in [0.1, 0.15) is 24.0 Å². The van der Waals surface area contributed by atoms with E-state index in [1.165, 1.54) is 16.8 Å². The minimum atomic E-state index is 0.370. The first-order valence-corrected chi connectivity index (χ1v) is 17.8. The van der Waals surface area contributed by atoms with Crippen LogP contribution in [0.15, 0.2) is 97.1 Å². The molecule has 5 aromatic carbocycles. The molecule has 1 heterocycles. The van der Waals surface area contributed by atoms with Crippen molar-refractivity contribution in [3.8, 4) is 62.5 Å². The molecule has 53 heavy (non-hydrogen) atoms. The molecule has 0 atom stereocenters. The molecular weight excluding hydrogens is 668 g/mol. The summed E-state index contributed by atoms with van der Waals surface area (Å²) >= 11 is 0. The summed E-state index contributed by atoms with van der Waals surface area (Å²) in [6.07, 6.45) is 2.09. The lowest BCUT2D eigenvalue weighted by molar-refractivity contribution is 0.201. The Morgan fingerprint density at radius 1 is 0.509 bits per heavy atom. The molecule has 1 aliphatic rings. The predicted octanol–water partition coefficient (Wildman–Crippen LogP) is 8.75. The van der Waals surface area contributed by atoms with Gasteiger partial charge in [0.05, 0.1) is 49.8 Å². The first-order chi connectivity index (χ1) is 25.9. The summed E-state index contributed by atoms with van der Waals surface area (Å²) in [6.45, 7) is 3.64. The Morgan fingerprint density at radius 3 is 1.43 bits per heavy atom. The van der Waals surface area contributed by atoms with Crippen LogP contribution in [0.3, 0.4) is 0 Å². The van der Waals surface area contributed by atoms with Crippen LogP contribution in [0.5, 0.6) is 40.2 Å². The Kier molecular flexibility index (Phi) is 12.2. The van der Waals surface area contributed by atoms with Gasteiger partial charge in [-0.3, -0.25) is 4.90 Å². The summed E-state index contributed by atoms with van der Waals surface area (Å²) < 4.78 is 39.1. The third-order valence-electron chi connectivity index (χ3n) is 10.0. The van der Waals surface area contributed by atoms with Gasteiger partial charge in [-0.15, -0.1) is 0 Å². The summed E-state index contributed by atoms with van der Waals surface area (Å²) in [4.78, 5) is 5.11. The molecule has 0 aromatic heterocycles. The highest BCUT2D eigenvalue weighted by atomic mass is 16.5. The van der Waals surface area contributed by atoms with Crippen LogP contribution in [-0.2, 0) is 13.1 Å². The van der Waals surface area contributed by atoms with Gasteiger partial charge in [-0.25, -0.2) is 0 Å². The third kappa shape index (κ3) is 8.42. The van der Waals surface area contributed by atoms with Crippen molar-refractivity contribution in [2.45, 2.75) is 32.0 Å². The first kappa shape index (κ1) is 37.2. The predicted molar refractivity (Wildman–Crippen MR) is 211 cm³/mol. The number of benzene rings is 5. The number of ether oxygens (including phenoxy) is 7. The van der Waals surface area contributed by atoms with Gasteiger partial charge in [0.1, 0.15) is 5.75 Å². The van der Waals surface area contributed by atoms with Crippen molar-refractivity contribution in [1.82, 2.24) is 4.90 Å². The molecule has 0 bridgehead atoms. The van der Waals surface area contributed by atoms with Crippen LogP contribution in [0, 0.1) is 0 Å². The average Bonchev–Trinajstić information content (AvgIpc) is 3.22. The van der Waals surface area contributed by atoms with E-state index in [-0.39, 0.29) is 0 Å². The maximum Gasteiger partial charge on any atom is 0.203 e. The standard InChI is InChI=1S/C44H50N2O7/c1-47-38-16-14-36(15-17-38)46(29-31-11-9-13-33(23-31)35-26-41(50-4)44(53-7)42(27-35)51-5)37-18-20-45(21-19-37)28-30-10-8-12-32(22-30)34-24-39(48-2)43(52-6)40(25-34)49-3/h8-17,22-27,37H,18-21,28-29H2,1-7H3. The van der Waals surface area contributed by atoms with Gasteiger partial charge in [0.2, 0.25) is 11.5 Å². The first-order valence-electron chi connectivity index (χ1n) is 17.8. The highest BCUT2D eigenvalue weighted by Crippen LogP contribution is 2.43. The van der Waals surface area contributed by atoms with E-state index in [0.29, 0.717) is 40.5 Å². The summed E-state index contributed by atoms with van der Waals surface area (Å²) in [5, 5.41) is 0. The van der Waals surface area contributed by atoms with Crippen LogP contribution in [-0.4, -0.2) is 73.8 Å². The van der Waals surface area contributed by atoms with Gasteiger partial charge in [-0.1, -0.05) is 36.4 Å². The molecule has 0 spiro atoms. The molecule has 1 saturated heterocycles. The van der Waals surface area contributed by atoms with Crippen LogP contribution < -0.4 is 38.1 Å². The molecule has 278 valence electrons. The molecule has 6 rings (SSSR count). The van der Waals surface area contributed by atoms with E-state index in [1.54, 1.807) is 49.8 Å². The van der Waals surface area contributed by atoms with E-state index < -0.39 is 0 Å². The van der Waals surface area contributed by atoms with Gasteiger partial charge in [0.25, 0.3) is 0 Å². The minimum Gasteiger partial charge on any atom is -0.497 e. The van der Waals surface area contributed by atoms with E-state index in [0.717, 1.165) is 67.0 Å². The fraction of sp³-hybridized carbons (Fsp3) is 0.318. The Labute approximate surface area is 313 Å². The number of rotatable bonds is 15. The van der Waals surface area contributed by atoms with Gasteiger partial charge < -0.3 is 38.1 Å². The second-order valence-electron chi connectivity index (χ2n) is 13.1. The molecule has 0 radical (unpaired) electrons. The van der Waals surface area contributed by atoms with Crippen molar-refractivity contribution in [3.05, 3.63) is 108 Å². The van der Waals surface area contributed by atoms with E-state index in [4.69, 9.17) is 33.2 Å². The zero-order chi connectivity index (χ0) is 37.3. The van der Waals surface area contributed by atoms with E-state index in [1.807, 2.05) is 36.4 Å². The fourth-order valence-corrected chi connectivity index (χ4v) is 7.24. The van der Waals surface area contributed by atoms with Crippen molar-refractivity contribution in [1.29, 1.82) is 0 Å². The Morgan fingerprint density at radius 2 is 0.981 bits per heavy atom. The number of hydrogen-bond acceptors (Lipinski definition) is 9. The number of hydrogen-bond donors (Lipinski definition) is 0. The number of likely N-dealkylation sites (tertiary alicyclic amines) is 1. The molecular formula is C44H50N2O7. The second kappa shape index (κ2) is 17.3. The monoisotopic (exact) mass is 718 g/mol. The molecule has 9 heteroatoms. The zero-order valence-electron chi connectivity index (χ0n) is 31.8. The normalized spacial score (nSPS) is 13.3. The quantitative estimate of drug-likeness (QED) is 0.106. The van der Waals surface area contributed by atoms with Crippen LogP contribution >= 0.6 is 0 Å². The largest absolute Gasteiger partial charge is 0.497 e. The molecule has 1 fully saturated rings. The van der Waals surface area contributed by atoms with Crippen LogP contribution in [0.4, 0.5) is 5.69 Å². The van der Waals surface area contributed by atoms with Crippen molar-refractivity contribution in [2.24, 2.45) is 0 Å². The summed E-state index contributed by atoms with van der Waals surface area (Å²) in [5.74, 6) is 4.57. The molecule has 0 saturated carbocycles. The lowest BCUT2D eigenvalue weighted by Crippen LogP contribution is -2.44. The Bertz CT molecular complexity index is 1920. The Balaban J connectivity index is 1.20. The molecule has 1 aliphatic heterocycles.